The Labute approximate surface area is 149 Å². The van der Waals surface area contributed by atoms with Gasteiger partial charge in [-0.05, 0) is 38.0 Å². The van der Waals surface area contributed by atoms with Gasteiger partial charge >= 0.3 is 0 Å². The third-order valence-corrected chi connectivity index (χ3v) is 5.15. The van der Waals surface area contributed by atoms with Gasteiger partial charge in [-0.3, -0.25) is 9.69 Å². The number of nitrogens with zero attached hydrogens (tertiary/aromatic N) is 1. The van der Waals surface area contributed by atoms with E-state index in [-0.39, 0.29) is 18.1 Å². The highest BCUT2D eigenvalue weighted by Crippen LogP contribution is 2.23. The molecule has 2 heterocycles. The van der Waals surface area contributed by atoms with Crippen molar-refractivity contribution in [1.29, 1.82) is 0 Å². The molecule has 0 spiro atoms. The van der Waals surface area contributed by atoms with Crippen LogP contribution in [0, 0.1) is 0 Å². The number of benzene rings is 1. The molecule has 5 heteroatoms. The minimum Gasteiger partial charge on any atom is -0.464 e. The Balaban J connectivity index is 1.68. The van der Waals surface area contributed by atoms with Crippen LogP contribution in [0.4, 0.5) is 0 Å². The van der Waals surface area contributed by atoms with Gasteiger partial charge in [-0.15, -0.1) is 0 Å². The summed E-state index contributed by atoms with van der Waals surface area (Å²) in [5, 5.41) is 4.18. The number of carbonyl (C=O) groups excluding carboxylic acids is 1. The number of hydrogen-bond acceptors (Lipinski definition) is 4. The number of fused-ring (bicyclic) bond motifs is 1. The molecule has 2 atom stereocenters. The number of rotatable bonds is 6. The standard InChI is InChI=1S/C20H28N2O3/c1-5-14-6-7-18-16(8-14)15(12-25-18)9-20(23)21-17-10-22(13(2)3)11-19(17)24-4/h6-8,12-13,17,19H,5,9-11H2,1-4H3,(H,21,23)/t17-,19-/m0/s1. The molecule has 25 heavy (non-hydrogen) atoms. The zero-order valence-corrected chi connectivity index (χ0v) is 15.5. The molecule has 1 aliphatic heterocycles. The number of ether oxygens (including phenoxy) is 1. The van der Waals surface area contributed by atoms with Gasteiger partial charge in [-0.25, -0.2) is 0 Å². The van der Waals surface area contributed by atoms with E-state index in [4.69, 9.17) is 9.15 Å². The number of nitrogens with one attached hydrogen (secondary N) is 1. The maximum Gasteiger partial charge on any atom is 0.224 e. The topological polar surface area (TPSA) is 54.7 Å². The highest BCUT2D eigenvalue weighted by atomic mass is 16.5. The van der Waals surface area contributed by atoms with E-state index in [0.29, 0.717) is 12.5 Å². The Morgan fingerprint density at radius 2 is 2.20 bits per heavy atom. The Morgan fingerprint density at radius 3 is 2.88 bits per heavy atom. The molecule has 136 valence electrons. The number of amides is 1. The molecule has 3 rings (SSSR count). The second-order valence-corrected chi connectivity index (χ2v) is 7.12. The SMILES string of the molecule is CCc1ccc2occ(CC(=O)N[C@H]3CN(C(C)C)C[C@@H]3OC)c2c1. The summed E-state index contributed by atoms with van der Waals surface area (Å²) < 4.78 is 11.2. The van der Waals surface area contributed by atoms with Crippen LogP contribution in [0.25, 0.3) is 11.0 Å². The van der Waals surface area contributed by atoms with E-state index in [0.717, 1.165) is 36.0 Å². The third kappa shape index (κ3) is 3.88. The molecule has 2 aromatic rings. The van der Waals surface area contributed by atoms with Crippen LogP contribution >= 0.6 is 0 Å². The summed E-state index contributed by atoms with van der Waals surface area (Å²) in [6.45, 7) is 8.14. The van der Waals surface area contributed by atoms with Gasteiger partial charge in [0.05, 0.1) is 24.8 Å². The molecular weight excluding hydrogens is 316 g/mol. The van der Waals surface area contributed by atoms with Crippen molar-refractivity contribution in [3.63, 3.8) is 0 Å². The van der Waals surface area contributed by atoms with Crippen molar-refractivity contribution in [2.45, 2.75) is 51.8 Å². The van der Waals surface area contributed by atoms with Gasteiger partial charge in [-0.1, -0.05) is 13.0 Å². The summed E-state index contributed by atoms with van der Waals surface area (Å²) in [7, 11) is 1.71. The predicted octanol–water partition coefficient (Wildman–Crippen LogP) is 2.76. The van der Waals surface area contributed by atoms with E-state index in [2.05, 4.69) is 43.1 Å². The summed E-state index contributed by atoms with van der Waals surface area (Å²) in [6.07, 6.45) is 3.04. The van der Waals surface area contributed by atoms with Crippen LogP contribution in [0.15, 0.2) is 28.9 Å². The number of aryl methyl sites for hydroxylation is 1. The van der Waals surface area contributed by atoms with Gasteiger partial charge in [-0.2, -0.15) is 0 Å². The number of furan rings is 1. The molecule has 1 aromatic carbocycles. The third-order valence-electron chi connectivity index (χ3n) is 5.15. The average Bonchev–Trinajstić information content (AvgIpc) is 3.18. The molecule has 1 N–H and O–H groups in total. The summed E-state index contributed by atoms with van der Waals surface area (Å²) >= 11 is 0. The van der Waals surface area contributed by atoms with Gasteiger partial charge in [0.2, 0.25) is 5.91 Å². The first-order valence-corrected chi connectivity index (χ1v) is 9.07. The molecule has 0 aliphatic carbocycles. The molecular formula is C20H28N2O3. The average molecular weight is 344 g/mol. The van der Waals surface area contributed by atoms with Gasteiger partial charge < -0.3 is 14.5 Å². The Morgan fingerprint density at radius 1 is 1.40 bits per heavy atom. The maximum absolute atomic E-state index is 12.6. The molecule has 0 radical (unpaired) electrons. The first-order valence-electron chi connectivity index (χ1n) is 9.07. The highest BCUT2D eigenvalue weighted by molar-refractivity contribution is 5.88. The molecule has 0 saturated carbocycles. The van der Waals surface area contributed by atoms with Crippen molar-refractivity contribution in [2.24, 2.45) is 0 Å². The van der Waals surface area contributed by atoms with Crippen LogP contribution < -0.4 is 5.32 Å². The minimum atomic E-state index is 0.0160. The Hall–Kier alpha value is -1.85. The van der Waals surface area contributed by atoms with Gasteiger partial charge in [0.1, 0.15) is 5.58 Å². The first-order chi connectivity index (χ1) is 12.0. The van der Waals surface area contributed by atoms with Crippen LogP contribution in [-0.2, 0) is 22.4 Å². The summed E-state index contributed by atoms with van der Waals surface area (Å²) in [4.78, 5) is 14.9. The van der Waals surface area contributed by atoms with Crippen LogP contribution in [0.1, 0.15) is 31.9 Å². The van der Waals surface area contributed by atoms with Crippen molar-refractivity contribution in [2.75, 3.05) is 20.2 Å². The molecule has 0 bridgehead atoms. The van der Waals surface area contributed by atoms with Crippen LogP contribution in [0.2, 0.25) is 0 Å². The fourth-order valence-corrected chi connectivity index (χ4v) is 3.52. The van der Waals surface area contributed by atoms with Crippen molar-refractivity contribution in [1.82, 2.24) is 10.2 Å². The zero-order chi connectivity index (χ0) is 18.0. The molecule has 5 nitrogen and oxygen atoms in total. The lowest BCUT2D eigenvalue weighted by Crippen LogP contribution is -2.44. The number of likely N-dealkylation sites (tertiary alicyclic amines) is 1. The first kappa shape index (κ1) is 18.0. The largest absolute Gasteiger partial charge is 0.464 e. The van der Waals surface area contributed by atoms with E-state index < -0.39 is 0 Å². The molecule has 1 amide bonds. The normalized spacial score (nSPS) is 21.3. The second kappa shape index (κ2) is 7.58. The maximum atomic E-state index is 12.6. The van der Waals surface area contributed by atoms with Crippen molar-refractivity contribution >= 4 is 16.9 Å². The van der Waals surface area contributed by atoms with Gasteiger partial charge in [0.25, 0.3) is 0 Å². The van der Waals surface area contributed by atoms with E-state index >= 15 is 0 Å². The summed E-state index contributed by atoms with van der Waals surface area (Å²) in [6, 6.07) is 6.65. The van der Waals surface area contributed by atoms with Gasteiger partial charge in [0, 0.05) is 37.2 Å². The summed E-state index contributed by atoms with van der Waals surface area (Å²) in [5.41, 5.74) is 3.02. The lowest BCUT2D eigenvalue weighted by Gasteiger charge is -2.20. The fourth-order valence-electron chi connectivity index (χ4n) is 3.52. The van der Waals surface area contributed by atoms with Crippen LogP contribution in [-0.4, -0.2) is 49.2 Å². The smallest absolute Gasteiger partial charge is 0.224 e. The Kier molecular flexibility index (Phi) is 5.45. The number of methoxy groups -OCH3 is 1. The van der Waals surface area contributed by atoms with Crippen molar-refractivity contribution in [3.05, 3.63) is 35.6 Å². The van der Waals surface area contributed by atoms with E-state index in [9.17, 15) is 4.79 Å². The van der Waals surface area contributed by atoms with E-state index in [1.54, 1.807) is 13.4 Å². The quantitative estimate of drug-likeness (QED) is 0.875. The zero-order valence-electron chi connectivity index (χ0n) is 15.5. The molecule has 1 fully saturated rings. The van der Waals surface area contributed by atoms with Crippen molar-refractivity contribution < 1.29 is 13.9 Å². The second-order valence-electron chi connectivity index (χ2n) is 7.12. The van der Waals surface area contributed by atoms with E-state index in [1.165, 1.54) is 5.56 Å². The Bertz CT molecular complexity index is 738. The molecule has 1 aliphatic rings. The lowest BCUT2D eigenvalue weighted by atomic mass is 10.1. The van der Waals surface area contributed by atoms with Gasteiger partial charge in [0.15, 0.2) is 0 Å². The number of carbonyl (C=O) groups is 1. The van der Waals surface area contributed by atoms with E-state index in [1.807, 2.05) is 6.07 Å². The lowest BCUT2D eigenvalue weighted by molar-refractivity contribution is -0.121. The number of hydrogen-bond donors (Lipinski definition) is 1. The molecule has 1 aromatic heterocycles. The monoisotopic (exact) mass is 344 g/mol. The highest BCUT2D eigenvalue weighted by Gasteiger charge is 2.34. The predicted molar refractivity (Wildman–Crippen MR) is 98.7 cm³/mol. The van der Waals surface area contributed by atoms with Crippen LogP contribution in [0.5, 0.6) is 0 Å². The van der Waals surface area contributed by atoms with Crippen molar-refractivity contribution in [3.8, 4) is 0 Å². The minimum absolute atomic E-state index is 0.0160. The molecule has 0 unspecified atom stereocenters. The van der Waals surface area contributed by atoms with Crippen LogP contribution in [0.3, 0.4) is 0 Å². The fraction of sp³-hybridized carbons (Fsp3) is 0.550. The molecule has 1 saturated heterocycles. The summed E-state index contributed by atoms with van der Waals surface area (Å²) in [5.74, 6) is 0.0160.